The highest BCUT2D eigenvalue weighted by Crippen LogP contribution is 2.18. The van der Waals surface area contributed by atoms with Crippen LogP contribution in [0.4, 0.5) is 0 Å². The average Bonchev–Trinajstić information content (AvgIpc) is 2.25. The Hall–Kier alpha value is -0.980. The van der Waals surface area contributed by atoms with E-state index in [1.807, 2.05) is 18.2 Å². The van der Waals surface area contributed by atoms with Crippen LogP contribution < -0.4 is 4.74 Å². The molecule has 0 aromatic heterocycles. The van der Waals surface area contributed by atoms with Crippen LogP contribution in [0.3, 0.4) is 0 Å². The summed E-state index contributed by atoms with van der Waals surface area (Å²) in [5, 5.41) is 0. The first-order valence-corrected chi connectivity index (χ1v) is 5.38. The molecule has 0 N–H and O–H groups in total. The van der Waals surface area contributed by atoms with Crippen LogP contribution in [0.25, 0.3) is 0 Å². The zero-order valence-corrected chi connectivity index (χ0v) is 8.96. The van der Waals surface area contributed by atoms with E-state index in [1.54, 1.807) is 0 Å². The Morgan fingerprint density at radius 1 is 1.21 bits per heavy atom. The zero-order chi connectivity index (χ0) is 10.2. The third kappa shape index (κ3) is 3.41. The largest absolute Gasteiger partial charge is 0.493 e. The lowest BCUT2D eigenvalue weighted by Gasteiger charge is -2.09. The molecule has 0 amide bonds. The highest BCUT2D eigenvalue weighted by Gasteiger charge is 1.99. The molecule has 0 atom stereocenters. The Morgan fingerprint density at radius 3 is 2.71 bits per heavy atom. The van der Waals surface area contributed by atoms with Gasteiger partial charge in [-0.1, -0.05) is 38.0 Å². The van der Waals surface area contributed by atoms with E-state index in [-0.39, 0.29) is 0 Å². The fraction of sp³-hybridized carbons (Fsp3) is 0.462. The van der Waals surface area contributed by atoms with Crippen LogP contribution >= 0.6 is 0 Å². The molecule has 14 heavy (non-hydrogen) atoms. The van der Waals surface area contributed by atoms with Gasteiger partial charge in [0.1, 0.15) is 5.75 Å². The predicted molar refractivity (Wildman–Crippen MR) is 60.5 cm³/mol. The molecule has 1 aromatic carbocycles. The summed E-state index contributed by atoms with van der Waals surface area (Å²) in [7, 11) is 0. The smallest absolute Gasteiger partial charge is 0.122 e. The molecule has 0 fully saturated rings. The van der Waals surface area contributed by atoms with Gasteiger partial charge in [0.25, 0.3) is 0 Å². The number of para-hydroxylation sites is 1. The Labute approximate surface area is 87.1 Å². The van der Waals surface area contributed by atoms with E-state index in [0.717, 1.165) is 25.2 Å². The number of rotatable bonds is 6. The maximum atomic E-state index is 5.69. The van der Waals surface area contributed by atoms with Crippen molar-refractivity contribution in [2.75, 3.05) is 6.61 Å². The van der Waals surface area contributed by atoms with Crippen molar-refractivity contribution in [2.24, 2.45) is 0 Å². The molecular weight excluding hydrogens is 172 g/mol. The van der Waals surface area contributed by atoms with E-state index in [1.165, 1.54) is 18.4 Å². The SMILES string of the molecule is [CH2]Cc1ccccc1OCCCCC. The van der Waals surface area contributed by atoms with Crippen LogP contribution in [-0.4, -0.2) is 6.61 Å². The van der Waals surface area contributed by atoms with Crippen molar-refractivity contribution in [3.63, 3.8) is 0 Å². The molecule has 1 heteroatoms. The van der Waals surface area contributed by atoms with E-state index in [9.17, 15) is 0 Å². The number of benzene rings is 1. The minimum Gasteiger partial charge on any atom is -0.493 e. The first-order valence-electron chi connectivity index (χ1n) is 5.38. The summed E-state index contributed by atoms with van der Waals surface area (Å²) in [6, 6.07) is 8.13. The number of unbranched alkanes of at least 4 members (excludes halogenated alkanes) is 2. The predicted octanol–water partition coefficient (Wildman–Crippen LogP) is 3.63. The summed E-state index contributed by atoms with van der Waals surface area (Å²) >= 11 is 0. The highest BCUT2D eigenvalue weighted by atomic mass is 16.5. The molecule has 1 nitrogen and oxygen atoms in total. The van der Waals surface area contributed by atoms with Crippen LogP contribution in [0, 0.1) is 6.92 Å². The molecular formula is C13H19O. The summed E-state index contributed by atoms with van der Waals surface area (Å²) in [6.45, 7) is 6.90. The average molecular weight is 191 g/mol. The van der Waals surface area contributed by atoms with Gasteiger partial charge in [-0.15, -0.1) is 0 Å². The minimum atomic E-state index is 0.796. The number of ether oxygens (including phenoxy) is 1. The second kappa shape index (κ2) is 6.47. The van der Waals surface area contributed by atoms with Crippen LogP contribution in [0.5, 0.6) is 5.75 Å². The van der Waals surface area contributed by atoms with Crippen LogP contribution in [0.2, 0.25) is 0 Å². The molecule has 0 bridgehead atoms. The Morgan fingerprint density at radius 2 is 2.00 bits per heavy atom. The van der Waals surface area contributed by atoms with Gasteiger partial charge in [0.05, 0.1) is 6.61 Å². The van der Waals surface area contributed by atoms with Crippen LogP contribution in [-0.2, 0) is 6.42 Å². The number of hydrogen-bond acceptors (Lipinski definition) is 1. The highest BCUT2D eigenvalue weighted by molar-refractivity contribution is 5.33. The van der Waals surface area contributed by atoms with E-state index in [4.69, 9.17) is 4.74 Å². The molecule has 0 unspecified atom stereocenters. The van der Waals surface area contributed by atoms with Gasteiger partial charge in [0.2, 0.25) is 0 Å². The standard InChI is InChI=1S/C13H19O/c1-3-5-8-11-14-13-10-7-6-9-12(13)4-2/h6-7,9-10H,2-5,8,11H2,1H3. The first-order chi connectivity index (χ1) is 6.88. The molecule has 0 saturated carbocycles. The zero-order valence-electron chi connectivity index (χ0n) is 8.96. The lowest BCUT2D eigenvalue weighted by atomic mass is 10.1. The molecule has 77 valence electrons. The normalized spacial score (nSPS) is 10.1. The molecule has 0 aliphatic carbocycles. The van der Waals surface area contributed by atoms with Crippen molar-refractivity contribution in [3.05, 3.63) is 36.8 Å². The molecule has 0 spiro atoms. The van der Waals surface area contributed by atoms with Crippen LogP contribution in [0.15, 0.2) is 24.3 Å². The van der Waals surface area contributed by atoms with E-state index >= 15 is 0 Å². The lowest BCUT2D eigenvalue weighted by molar-refractivity contribution is 0.304. The Balaban J connectivity index is 2.41. The molecule has 0 aliphatic rings. The van der Waals surface area contributed by atoms with E-state index in [0.29, 0.717) is 0 Å². The van der Waals surface area contributed by atoms with Gasteiger partial charge in [-0.3, -0.25) is 0 Å². The van der Waals surface area contributed by atoms with Crippen LogP contribution in [0.1, 0.15) is 31.7 Å². The van der Waals surface area contributed by atoms with Gasteiger partial charge in [0.15, 0.2) is 0 Å². The third-order valence-electron chi connectivity index (χ3n) is 2.25. The summed E-state index contributed by atoms with van der Waals surface area (Å²) < 4.78 is 5.69. The fourth-order valence-electron chi connectivity index (χ4n) is 1.39. The topological polar surface area (TPSA) is 9.23 Å². The summed E-state index contributed by atoms with van der Waals surface area (Å²) in [5.74, 6) is 0.999. The number of hydrogen-bond donors (Lipinski definition) is 0. The molecule has 0 aliphatic heterocycles. The Kier molecular flexibility index (Phi) is 5.13. The van der Waals surface area contributed by atoms with Gasteiger partial charge in [-0.05, 0) is 31.4 Å². The fourth-order valence-corrected chi connectivity index (χ4v) is 1.39. The maximum Gasteiger partial charge on any atom is 0.122 e. The van der Waals surface area contributed by atoms with Gasteiger partial charge in [0, 0.05) is 0 Å². The second-order valence-corrected chi connectivity index (χ2v) is 3.41. The molecule has 1 rings (SSSR count). The first kappa shape index (κ1) is 11.1. The van der Waals surface area contributed by atoms with Crippen molar-refractivity contribution in [1.82, 2.24) is 0 Å². The molecule has 0 heterocycles. The minimum absolute atomic E-state index is 0.796. The molecule has 1 radical (unpaired) electrons. The summed E-state index contributed by atoms with van der Waals surface area (Å²) in [6.07, 6.45) is 4.42. The van der Waals surface area contributed by atoms with E-state index < -0.39 is 0 Å². The van der Waals surface area contributed by atoms with Gasteiger partial charge in [-0.2, -0.15) is 0 Å². The second-order valence-electron chi connectivity index (χ2n) is 3.41. The van der Waals surface area contributed by atoms with Crippen molar-refractivity contribution in [2.45, 2.75) is 32.6 Å². The van der Waals surface area contributed by atoms with E-state index in [2.05, 4.69) is 19.9 Å². The summed E-state index contributed by atoms with van der Waals surface area (Å²) in [4.78, 5) is 0. The molecule has 1 aromatic rings. The molecule has 0 saturated heterocycles. The van der Waals surface area contributed by atoms with Crippen molar-refractivity contribution in [1.29, 1.82) is 0 Å². The summed E-state index contributed by atoms with van der Waals surface area (Å²) in [5.41, 5.74) is 1.20. The van der Waals surface area contributed by atoms with Crippen molar-refractivity contribution in [3.8, 4) is 5.75 Å². The quantitative estimate of drug-likeness (QED) is 0.624. The van der Waals surface area contributed by atoms with Gasteiger partial charge in [-0.25, -0.2) is 0 Å². The van der Waals surface area contributed by atoms with Gasteiger partial charge >= 0.3 is 0 Å². The monoisotopic (exact) mass is 191 g/mol. The third-order valence-corrected chi connectivity index (χ3v) is 2.25. The Bertz CT molecular complexity index is 255. The van der Waals surface area contributed by atoms with Crippen molar-refractivity contribution < 1.29 is 4.74 Å². The maximum absolute atomic E-state index is 5.69. The van der Waals surface area contributed by atoms with Crippen molar-refractivity contribution >= 4 is 0 Å². The lowest BCUT2D eigenvalue weighted by Crippen LogP contribution is -1.99. The van der Waals surface area contributed by atoms with Gasteiger partial charge < -0.3 is 4.74 Å².